The largest absolute Gasteiger partial charge is 0.396 e. The number of benzene rings is 1. The third-order valence-electron chi connectivity index (χ3n) is 2.84. The van der Waals surface area contributed by atoms with Crippen LogP contribution in [0.1, 0.15) is 18.0 Å². The van der Waals surface area contributed by atoms with Crippen molar-refractivity contribution in [3.05, 3.63) is 35.6 Å². The van der Waals surface area contributed by atoms with E-state index in [2.05, 4.69) is 0 Å². The SMILES string of the molecule is OCCC(c1cccc(F)c1)N(CCO)CC(F)F. The molecule has 1 atom stereocenters. The van der Waals surface area contributed by atoms with Crippen molar-refractivity contribution in [1.82, 2.24) is 4.90 Å². The Morgan fingerprint density at radius 3 is 2.42 bits per heavy atom. The van der Waals surface area contributed by atoms with Crippen LogP contribution in [0.4, 0.5) is 13.2 Å². The lowest BCUT2D eigenvalue weighted by Crippen LogP contribution is -2.36. The van der Waals surface area contributed by atoms with Crippen molar-refractivity contribution >= 4 is 0 Å². The minimum absolute atomic E-state index is 0.0471. The molecule has 3 nitrogen and oxygen atoms in total. The van der Waals surface area contributed by atoms with E-state index in [-0.39, 0.29) is 26.2 Å². The summed E-state index contributed by atoms with van der Waals surface area (Å²) in [6.45, 7) is -0.955. The van der Waals surface area contributed by atoms with Gasteiger partial charge in [-0.05, 0) is 24.1 Å². The highest BCUT2D eigenvalue weighted by Crippen LogP contribution is 2.25. The predicted molar refractivity (Wildman–Crippen MR) is 65.5 cm³/mol. The predicted octanol–water partition coefficient (Wildman–Crippen LogP) is 1.81. The second-order valence-corrected chi connectivity index (χ2v) is 4.19. The first-order valence-corrected chi connectivity index (χ1v) is 6.08. The van der Waals surface area contributed by atoms with Crippen LogP contribution in [0.25, 0.3) is 0 Å². The zero-order valence-electron chi connectivity index (χ0n) is 10.5. The minimum Gasteiger partial charge on any atom is -0.396 e. The molecular formula is C13H18F3NO2. The van der Waals surface area contributed by atoms with E-state index in [1.54, 1.807) is 6.07 Å². The van der Waals surface area contributed by atoms with Crippen LogP contribution in [0.3, 0.4) is 0 Å². The van der Waals surface area contributed by atoms with Gasteiger partial charge in [-0.1, -0.05) is 12.1 Å². The third kappa shape index (κ3) is 5.18. The summed E-state index contributed by atoms with van der Waals surface area (Å²) in [5.74, 6) is -0.457. The Morgan fingerprint density at radius 1 is 1.16 bits per heavy atom. The van der Waals surface area contributed by atoms with Crippen LogP contribution < -0.4 is 0 Å². The topological polar surface area (TPSA) is 43.7 Å². The number of nitrogens with zero attached hydrogens (tertiary/aromatic N) is 1. The fourth-order valence-electron chi connectivity index (χ4n) is 2.08. The molecule has 1 aromatic carbocycles. The molecule has 0 saturated carbocycles. The summed E-state index contributed by atoms with van der Waals surface area (Å²) < 4.78 is 38.3. The lowest BCUT2D eigenvalue weighted by molar-refractivity contribution is 0.0466. The maximum Gasteiger partial charge on any atom is 0.251 e. The Morgan fingerprint density at radius 2 is 1.89 bits per heavy atom. The fourth-order valence-corrected chi connectivity index (χ4v) is 2.08. The average Bonchev–Trinajstić information content (AvgIpc) is 2.35. The van der Waals surface area contributed by atoms with Crippen molar-refractivity contribution in [3.63, 3.8) is 0 Å². The van der Waals surface area contributed by atoms with Crippen molar-refractivity contribution in [1.29, 1.82) is 0 Å². The first kappa shape index (κ1) is 15.9. The van der Waals surface area contributed by atoms with Gasteiger partial charge in [0.1, 0.15) is 5.82 Å². The molecule has 1 unspecified atom stereocenters. The van der Waals surface area contributed by atoms with E-state index in [9.17, 15) is 13.2 Å². The molecule has 0 fully saturated rings. The van der Waals surface area contributed by atoms with E-state index in [1.807, 2.05) is 0 Å². The second-order valence-electron chi connectivity index (χ2n) is 4.19. The minimum atomic E-state index is -2.55. The van der Waals surface area contributed by atoms with E-state index in [1.165, 1.54) is 23.1 Å². The summed E-state index contributed by atoms with van der Waals surface area (Å²) in [6, 6.07) is 5.11. The number of hydrogen-bond acceptors (Lipinski definition) is 3. The molecule has 0 aliphatic carbocycles. The van der Waals surface area contributed by atoms with Gasteiger partial charge in [-0.2, -0.15) is 0 Å². The molecule has 0 aliphatic heterocycles. The van der Waals surface area contributed by atoms with Crippen molar-refractivity contribution in [2.75, 3.05) is 26.3 Å². The van der Waals surface area contributed by atoms with Gasteiger partial charge in [0.15, 0.2) is 0 Å². The fraction of sp³-hybridized carbons (Fsp3) is 0.538. The van der Waals surface area contributed by atoms with Crippen LogP contribution >= 0.6 is 0 Å². The third-order valence-corrected chi connectivity index (χ3v) is 2.84. The van der Waals surface area contributed by atoms with Crippen LogP contribution in [-0.4, -0.2) is 47.8 Å². The smallest absolute Gasteiger partial charge is 0.251 e. The second kappa shape index (κ2) is 8.14. The highest BCUT2D eigenvalue weighted by atomic mass is 19.3. The molecule has 0 heterocycles. The van der Waals surface area contributed by atoms with Gasteiger partial charge in [0.25, 0.3) is 6.43 Å². The summed E-state index contributed by atoms with van der Waals surface area (Å²) in [7, 11) is 0. The Hall–Kier alpha value is -1.11. The van der Waals surface area contributed by atoms with Crippen LogP contribution in [0.2, 0.25) is 0 Å². The zero-order chi connectivity index (χ0) is 14.3. The van der Waals surface area contributed by atoms with Gasteiger partial charge in [-0.15, -0.1) is 0 Å². The molecule has 0 aromatic heterocycles. The lowest BCUT2D eigenvalue weighted by Gasteiger charge is -2.31. The Bertz CT molecular complexity index is 377. The quantitative estimate of drug-likeness (QED) is 0.761. The van der Waals surface area contributed by atoms with Gasteiger partial charge in [0.05, 0.1) is 13.2 Å². The summed E-state index contributed by atoms with van der Waals surface area (Å²) in [5, 5.41) is 18.0. The van der Waals surface area contributed by atoms with Crippen LogP contribution in [-0.2, 0) is 0 Å². The van der Waals surface area contributed by atoms with E-state index >= 15 is 0 Å². The van der Waals surface area contributed by atoms with Crippen molar-refractivity contribution in [2.24, 2.45) is 0 Å². The average molecular weight is 277 g/mol. The maximum absolute atomic E-state index is 13.2. The van der Waals surface area contributed by atoms with Crippen LogP contribution in [0.15, 0.2) is 24.3 Å². The van der Waals surface area contributed by atoms with Gasteiger partial charge in [-0.25, -0.2) is 13.2 Å². The van der Waals surface area contributed by atoms with E-state index in [0.29, 0.717) is 5.56 Å². The van der Waals surface area contributed by atoms with Gasteiger partial charge in [-0.3, -0.25) is 4.90 Å². The lowest BCUT2D eigenvalue weighted by atomic mass is 10.0. The molecule has 19 heavy (non-hydrogen) atoms. The molecule has 1 aromatic rings. The zero-order valence-corrected chi connectivity index (χ0v) is 10.5. The molecule has 2 N–H and O–H groups in total. The standard InChI is InChI=1S/C13H18F3NO2/c14-11-3-1-2-10(8-11)12(4-6-18)17(5-7-19)9-13(15)16/h1-3,8,12-13,18-19H,4-7,9H2. The van der Waals surface area contributed by atoms with Gasteiger partial charge < -0.3 is 10.2 Å². The summed E-state index contributed by atoms with van der Waals surface area (Å²) in [4.78, 5) is 1.36. The van der Waals surface area contributed by atoms with Crippen molar-refractivity contribution in [3.8, 4) is 0 Å². The first-order chi connectivity index (χ1) is 9.08. The van der Waals surface area contributed by atoms with E-state index in [0.717, 1.165) is 0 Å². The normalized spacial score (nSPS) is 13.2. The number of aliphatic hydroxyl groups is 2. The number of hydrogen-bond donors (Lipinski definition) is 2. The molecule has 0 amide bonds. The molecular weight excluding hydrogens is 259 g/mol. The number of aliphatic hydroxyl groups excluding tert-OH is 2. The number of halogens is 3. The number of rotatable bonds is 8. The maximum atomic E-state index is 13.2. The molecule has 0 spiro atoms. The van der Waals surface area contributed by atoms with Gasteiger partial charge in [0.2, 0.25) is 0 Å². The summed E-state index contributed by atoms with van der Waals surface area (Å²) in [6.07, 6.45) is -2.35. The monoisotopic (exact) mass is 277 g/mol. The molecule has 0 saturated heterocycles. The van der Waals surface area contributed by atoms with Crippen LogP contribution in [0, 0.1) is 5.82 Å². The van der Waals surface area contributed by atoms with Gasteiger partial charge in [0, 0.05) is 19.2 Å². The Balaban J connectivity index is 2.94. The number of alkyl halides is 2. The van der Waals surface area contributed by atoms with Crippen molar-refractivity contribution < 1.29 is 23.4 Å². The molecule has 108 valence electrons. The molecule has 0 radical (unpaired) electrons. The highest BCUT2D eigenvalue weighted by molar-refractivity contribution is 5.20. The van der Waals surface area contributed by atoms with Crippen LogP contribution in [0.5, 0.6) is 0 Å². The van der Waals surface area contributed by atoms with Gasteiger partial charge >= 0.3 is 0 Å². The molecule has 0 bridgehead atoms. The summed E-state index contributed by atoms with van der Waals surface area (Å²) >= 11 is 0. The Kier molecular flexibility index (Phi) is 6.83. The summed E-state index contributed by atoms with van der Waals surface area (Å²) in [5.41, 5.74) is 0.517. The molecule has 1 rings (SSSR count). The van der Waals surface area contributed by atoms with E-state index < -0.39 is 24.8 Å². The first-order valence-electron chi connectivity index (χ1n) is 6.08. The van der Waals surface area contributed by atoms with E-state index in [4.69, 9.17) is 10.2 Å². The highest BCUT2D eigenvalue weighted by Gasteiger charge is 2.23. The molecule has 6 heteroatoms. The molecule has 0 aliphatic rings. The Labute approximate surface area is 110 Å². The van der Waals surface area contributed by atoms with Crippen molar-refractivity contribution in [2.45, 2.75) is 18.9 Å².